The van der Waals surface area contributed by atoms with Crippen molar-refractivity contribution in [1.29, 1.82) is 0 Å². The minimum absolute atomic E-state index is 0.0148. The lowest BCUT2D eigenvalue weighted by Gasteiger charge is -2.39. The molecule has 5 heteroatoms. The van der Waals surface area contributed by atoms with Crippen LogP contribution in [0.25, 0.3) is 5.57 Å². The highest BCUT2D eigenvalue weighted by Gasteiger charge is 2.36. The van der Waals surface area contributed by atoms with Crippen LogP contribution in [0.5, 0.6) is 0 Å². The third-order valence-electron chi connectivity index (χ3n) is 7.38. The van der Waals surface area contributed by atoms with Gasteiger partial charge in [0.2, 0.25) is 11.7 Å². The van der Waals surface area contributed by atoms with Gasteiger partial charge in [-0.05, 0) is 54.3 Å². The van der Waals surface area contributed by atoms with E-state index in [1.165, 1.54) is 31.3 Å². The summed E-state index contributed by atoms with van der Waals surface area (Å²) in [6.07, 6.45) is 9.07. The Morgan fingerprint density at radius 3 is 2.19 bits per heavy atom. The summed E-state index contributed by atoms with van der Waals surface area (Å²) in [5.41, 5.74) is 2.79. The van der Waals surface area contributed by atoms with E-state index in [1.807, 2.05) is 19.9 Å². The Hall–Kier alpha value is -2.04. The maximum absolute atomic E-state index is 12.4. The van der Waals surface area contributed by atoms with E-state index >= 15 is 0 Å². The maximum Gasteiger partial charge on any atom is 0.220 e. The number of Topliss-reactive ketones (excluding diaryl/α,β-unsaturated/α-hetero) is 1. The Kier molecular flexibility index (Phi) is 10.3. The zero-order valence-electron chi connectivity index (χ0n) is 25.6. The van der Waals surface area contributed by atoms with Gasteiger partial charge in [-0.3, -0.25) is 9.59 Å². The number of ketones is 1. The van der Waals surface area contributed by atoms with Gasteiger partial charge in [-0.2, -0.15) is 0 Å². The second-order valence-electron chi connectivity index (χ2n) is 14.5. The third kappa shape index (κ3) is 9.33. The number of hydrogen-bond acceptors (Lipinski definition) is 4. The third-order valence-corrected chi connectivity index (χ3v) is 7.38. The number of amides is 1. The van der Waals surface area contributed by atoms with Gasteiger partial charge >= 0.3 is 0 Å². The predicted octanol–water partition coefficient (Wildman–Crippen LogP) is 8.51. The second kappa shape index (κ2) is 12.2. The van der Waals surface area contributed by atoms with E-state index in [2.05, 4.69) is 79.0 Å². The molecule has 2 aliphatic rings. The van der Waals surface area contributed by atoms with Crippen molar-refractivity contribution in [3.05, 3.63) is 23.7 Å². The van der Waals surface area contributed by atoms with Gasteiger partial charge in [-0.1, -0.05) is 82.2 Å². The summed E-state index contributed by atoms with van der Waals surface area (Å²) in [5.74, 6) is 2.17. The monoisotopic (exact) mass is 514 g/mol. The zero-order valence-corrected chi connectivity index (χ0v) is 25.6. The number of allylic oxidation sites excluding steroid dienone is 1. The number of nitrogens with one attached hydrogen (secondary N) is 2. The Morgan fingerprint density at radius 1 is 1.11 bits per heavy atom. The summed E-state index contributed by atoms with van der Waals surface area (Å²) in [6.45, 7) is 24.3. The molecule has 210 valence electrons. The van der Waals surface area contributed by atoms with Crippen molar-refractivity contribution in [3.63, 3.8) is 0 Å². The maximum atomic E-state index is 12.4. The first-order valence-corrected chi connectivity index (χ1v) is 14.4. The Labute approximate surface area is 226 Å². The molecule has 0 bridgehead atoms. The lowest BCUT2D eigenvalue weighted by atomic mass is 9.70. The standard InChI is InChI=1S/C23H35NO2.C9H19NO/c1-14(2)20(25)19-13-18-21(26-19)16(22(3,4)5)12-17(24-18)15-8-10-23(6,7)11-9-15;1-5-6-10-8(11)7-9(2,3)4/h12-15,17,24H,8-11H2,1-7H3;5-7H2,1-4H3,(H,10,11). The molecule has 0 spiro atoms. The number of carbonyl (C=O) groups excluding carboxylic acids is 2. The fourth-order valence-corrected chi connectivity index (χ4v) is 5.01. The average Bonchev–Trinajstić information content (AvgIpc) is 3.19. The molecule has 1 aromatic heterocycles. The van der Waals surface area contributed by atoms with E-state index in [0.29, 0.717) is 29.6 Å². The topological polar surface area (TPSA) is 71.3 Å². The molecule has 3 rings (SSSR count). The highest BCUT2D eigenvalue weighted by molar-refractivity contribution is 5.97. The van der Waals surface area contributed by atoms with E-state index in [9.17, 15) is 9.59 Å². The van der Waals surface area contributed by atoms with Crippen molar-refractivity contribution in [2.45, 2.75) is 121 Å². The highest BCUT2D eigenvalue weighted by atomic mass is 16.3. The van der Waals surface area contributed by atoms with Crippen LogP contribution in [0, 0.1) is 28.1 Å². The van der Waals surface area contributed by atoms with Crippen LogP contribution in [0.3, 0.4) is 0 Å². The van der Waals surface area contributed by atoms with Gasteiger partial charge in [-0.25, -0.2) is 0 Å². The molecule has 1 atom stereocenters. The fourth-order valence-electron chi connectivity index (χ4n) is 5.01. The fraction of sp³-hybridized carbons (Fsp3) is 0.750. The molecule has 5 nitrogen and oxygen atoms in total. The van der Waals surface area contributed by atoms with Crippen molar-refractivity contribution in [2.75, 3.05) is 11.9 Å². The first-order chi connectivity index (χ1) is 16.9. The average molecular weight is 515 g/mol. The number of rotatable bonds is 6. The number of carbonyl (C=O) groups is 2. The van der Waals surface area contributed by atoms with E-state index in [-0.39, 0.29) is 28.4 Å². The largest absolute Gasteiger partial charge is 0.451 e. The van der Waals surface area contributed by atoms with E-state index < -0.39 is 0 Å². The van der Waals surface area contributed by atoms with Gasteiger partial charge in [0, 0.05) is 36.6 Å². The van der Waals surface area contributed by atoms with E-state index in [1.54, 1.807) is 0 Å². The van der Waals surface area contributed by atoms with Gasteiger partial charge in [0.05, 0.1) is 5.69 Å². The summed E-state index contributed by atoms with van der Waals surface area (Å²) in [7, 11) is 0. The van der Waals surface area contributed by atoms with E-state index in [4.69, 9.17) is 4.42 Å². The highest BCUT2D eigenvalue weighted by Crippen LogP contribution is 2.46. The van der Waals surface area contributed by atoms with Crippen LogP contribution in [-0.2, 0) is 4.79 Å². The Balaban J connectivity index is 0.000000371. The minimum atomic E-state index is -0.0546. The molecule has 0 radical (unpaired) electrons. The van der Waals surface area contributed by atoms with Crippen LogP contribution in [0.15, 0.2) is 16.6 Å². The molecule has 37 heavy (non-hydrogen) atoms. The second-order valence-corrected chi connectivity index (χ2v) is 14.5. The van der Waals surface area contributed by atoms with Crippen molar-refractivity contribution >= 4 is 23.0 Å². The van der Waals surface area contributed by atoms with Crippen LogP contribution < -0.4 is 10.6 Å². The molecule has 1 aliphatic heterocycles. The molecule has 0 saturated heterocycles. The summed E-state index contributed by atoms with van der Waals surface area (Å²) in [4.78, 5) is 23.5. The quantitative estimate of drug-likeness (QED) is 0.373. The van der Waals surface area contributed by atoms with Crippen LogP contribution in [0.2, 0.25) is 0 Å². The van der Waals surface area contributed by atoms with Crippen molar-refractivity contribution in [2.24, 2.45) is 28.1 Å². The molecule has 0 aromatic carbocycles. The summed E-state index contributed by atoms with van der Waals surface area (Å²) in [5, 5.41) is 6.54. The molecule has 2 N–H and O–H groups in total. The van der Waals surface area contributed by atoms with Crippen LogP contribution >= 0.6 is 0 Å². The predicted molar refractivity (Wildman–Crippen MR) is 156 cm³/mol. The van der Waals surface area contributed by atoms with Crippen LogP contribution in [0.4, 0.5) is 5.69 Å². The minimum Gasteiger partial charge on any atom is -0.451 e. The first kappa shape index (κ1) is 31.2. The van der Waals surface area contributed by atoms with Gasteiger partial charge in [0.15, 0.2) is 11.5 Å². The number of anilines is 1. The van der Waals surface area contributed by atoms with Crippen molar-refractivity contribution in [3.8, 4) is 0 Å². The molecule has 1 amide bonds. The van der Waals surface area contributed by atoms with Gasteiger partial charge in [-0.15, -0.1) is 0 Å². The number of hydrogen-bond donors (Lipinski definition) is 2. The van der Waals surface area contributed by atoms with Gasteiger partial charge in [0.25, 0.3) is 0 Å². The molecule has 2 heterocycles. The molecule has 1 aliphatic carbocycles. The molecule has 1 fully saturated rings. The zero-order chi connectivity index (χ0) is 28.2. The lowest BCUT2D eigenvalue weighted by Crippen LogP contribution is -2.35. The summed E-state index contributed by atoms with van der Waals surface area (Å²) >= 11 is 0. The summed E-state index contributed by atoms with van der Waals surface area (Å²) in [6, 6.07) is 2.25. The smallest absolute Gasteiger partial charge is 0.220 e. The number of fused-ring (bicyclic) bond motifs is 1. The summed E-state index contributed by atoms with van der Waals surface area (Å²) < 4.78 is 6.06. The SMILES string of the molecule is CC(C)C(=O)c1cc2c(o1)C(C(C)(C)C)=CC(C1CCC(C)(C)CC1)N2.CCCNC(=O)CC(C)(C)C. The molecular formula is C32H54N2O3. The van der Waals surface area contributed by atoms with Crippen LogP contribution in [-0.4, -0.2) is 24.3 Å². The first-order valence-electron chi connectivity index (χ1n) is 14.4. The van der Waals surface area contributed by atoms with Crippen molar-refractivity contribution in [1.82, 2.24) is 5.32 Å². The lowest BCUT2D eigenvalue weighted by molar-refractivity contribution is -0.122. The molecule has 1 aromatic rings. The van der Waals surface area contributed by atoms with Gasteiger partial charge < -0.3 is 15.1 Å². The Morgan fingerprint density at radius 2 is 1.70 bits per heavy atom. The number of furan rings is 1. The van der Waals surface area contributed by atoms with Gasteiger partial charge in [0.1, 0.15) is 0 Å². The molecule has 1 unspecified atom stereocenters. The normalized spacial score (nSPS) is 19.8. The molecular weight excluding hydrogens is 460 g/mol. The van der Waals surface area contributed by atoms with Crippen molar-refractivity contribution < 1.29 is 14.0 Å². The van der Waals surface area contributed by atoms with E-state index in [0.717, 1.165) is 24.4 Å². The Bertz CT molecular complexity index is 944. The van der Waals surface area contributed by atoms with Crippen LogP contribution in [0.1, 0.15) is 131 Å². The molecule has 1 saturated carbocycles.